The second kappa shape index (κ2) is 7.22. The predicted octanol–water partition coefficient (Wildman–Crippen LogP) is 4.82. The molecule has 2 atom stereocenters. The summed E-state index contributed by atoms with van der Waals surface area (Å²) in [5, 5.41) is 11.0. The Labute approximate surface area is 171 Å². The summed E-state index contributed by atoms with van der Waals surface area (Å²) in [4.78, 5) is 18.8. The van der Waals surface area contributed by atoms with Gasteiger partial charge in [-0.2, -0.15) is 4.98 Å². The number of Topliss-reactive ketones (excluding diaryl/α,β-unsaturated/α-hetero) is 1. The van der Waals surface area contributed by atoms with Crippen molar-refractivity contribution < 1.29 is 4.79 Å². The Kier molecular flexibility index (Phi) is 4.56. The maximum Gasteiger partial charge on any atom is 0.227 e. The number of hydrogen-bond acceptors (Lipinski definition) is 6. The van der Waals surface area contributed by atoms with E-state index < -0.39 is 0 Å². The van der Waals surface area contributed by atoms with E-state index in [1.807, 2.05) is 22.9 Å². The highest BCUT2D eigenvalue weighted by atomic mass is 32.2. The minimum absolute atomic E-state index is 0.117. The van der Waals surface area contributed by atoms with Crippen LogP contribution in [0, 0.1) is 12.8 Å². The number of thioether (sulfide) groups is 1. The number of ketones is 1. The number of allylic oxidation sites excluding steroid dienone is 2. The molecule has 0 bridgehead atoms. The first-order chi connectivity index (χ1) is 13.7. The molecule has 7 heteroatoms. The van der Waals surface area contributed by atoms with E-state index in [4.69, 9.17) is 10.1 Å². The number of rotatable bonds is 4. The summed E-state index contributed by atoms with van der Waals surface area (Å²) in [6.45, 7) is 2.10. The van der Waals surface area contributed by atoms with Crippen LogP contribution in [-0.4, -0.2) is 20.5 Å². The highest BCUT2D eigenvalue weighted by molar-refractivity contribution is 7.98. The molecule has 5 nitrogen and oxygen atoms in total. The van der Waals surface area contributed by atoms with Crippen LogP contribution < -0.4 is 5.32 Å². The van der Waals surface area contributed by atoms with Gasteiger partial charge in [0.05, 0.1) is 5.92 Å². The first-order valence-corrected chi connectivity index (χ1v) is 11.2. The van der Waals surface area contributed by atoms with Crippen LogP contribution in [0.15, 0.2) is 58.7 Å². The Morgan fingerprint density at radius 1 is 1.29 bits per heavy atom. The van der Waals surface area contributed by atoms with Gasteiger partial charge in [0.1, 0.15) is 11.8 Å². The molecule has 3 heterocycles. The maximum atomic E-state index is 12.8. The number of nitrogens with one attached hydrogen (secondary N) is 1. The normalized spacial score (nSPS) is 20.9. The molecule has 0 radical (unpaired) electrons. The van der Waals surface area contributed by atoms with Gasteiger partial charge in [0.25, 0.3) is 0 Å². The SMILES string of the molecule is Cc1ccsc1[C@H]1[C@@H]2C(=O)CCC=C2Nc2nc(SCc3ccccc3)nn21. The van der Waals surface area contributed by atoms with Gasteiger partial charge in [-0.05, 0) is 35.9 Å². The molecule has 0 saturated carbocycles. The number of anilines is 1. The Balaban J connectivity index is 1.52. The van der Waals surface area contributed by atoms with Crippen LogP contribution in [0.1, 0.15) is 34.9 Å². The van der Waals surface area contributed by atoms with E-state index in [9.17, 15) is 4.79 Å². The zero-order valence-corrected chi connectivity index (χ0v) is 17.1. The number of aryl methyl sites for hydroxylation is 1. The molecule has 5 rings (SSSR count). The molecule has 2 aromatic heterocycles. The summed E-state index contributed by atoms with van der Waals surface area (Å²) in [5.74, 6) is 1.62. The zero-order chi connectivity index (χ0) is 19.1. The van der Waals surface area contributed by atoms with Gasteiger partial charge >= 0.3 is 0 Å². The lowest BCUT2D eigenvalue weighted by Crippen LogP contribution is -2.38. The Morgan fingerprint density at radius 3 is 2.93 bits per heavy atom. The average molecular weight is 409 g/mol. The number of carbonyl (C=O) groups is 1. The molecule has 0 unspecified atom stereocenters. The van der Waals surface area contributed by atoms with E-state index in [1.165, 1.54) is 16.0 Å². The van der Waals surface area contributed by atoms with Crippen LogP contribution in [0.25, 0.3) is 0 Å². The number of thiophene rings is 1. The smallest absolute Gasteiger partial charge is 0.227 e. The Morgan fingerprint density at radius 2 is 2.14 bits per heavy atom. The highest BCUT2D eigenvalue weighted by Gasteiger charge is 2.42. The van der Waals surface area contributed by atoms with Gasteiger partial charge < -0.3 is 5.32 Å². The molecule has 1 aliphatic carbocycles. The van der Waals surface area contributed by atoms with Gasteiger partial charge in [0.15, 0.2) is 0 Å². The number of benzene rings is 1. The zero-order valence-electron chi connectivity index (χ0n) is 15.5. The van der Waals surface area contributed by atoms with E-state index in [-0.39, 0.29) is 17.7 Å². The minimum Gasteiger partial charge on any atom is -0.328 e. The van der Waals surface area contributed by atoms with E-state index in [0.29, 0.717) is 6.42 Å². The fraction of sp³-hybridized carbons (Fsp3) is 0.286. The molecule has 0 saturated heterocycles. The quantitative estimate of drug-likeness (QED) is 0.627. The first-order valence-electron chi connectivity index (χ1n) is 9.38. The monoisotopic (exact) mass is 408 g/mol. The average Bonchev–Trinajstić information content (AvgIpc) is 3.31. The lowest BCUT2D eigenvalue weighted by Gasteiger charge is -2.35. The van der Waals surface area contributed by atoms with Crippen molar-refractivity contribution in [1.82, 2.24) is 14.8 Å². The summed E-state index contributed by atoms with van der Waals surface area (Å²) in [6, 6.07) is 12.3. The minimum atomic E-state index is -0.202. The van der Waals surface area contributed by atoms with Crippen LogP contribution in [0.2, 0.25) is 0 Å². The molecule has 0 spiro atoms. The molecule has 1 N–H and O–H groups in total. The van der Waals surface area contributed by atoms with E-state index in [1.54, 1.807) is 23.1 Å². The highest BCUT2D eigenvalue weighted by Crippen LogP contribution is 2.44. The topological polar surface area (TPSA) is 59.8 Å². The van der Waals surface area contributed by atoms with Gasteiger partial charge in [-0.25, -0.2) is 4.68 Å². The molecule has 0 fully saturated rings. The van der Waals surface area contributed by atoms with Crippen LogP contribution in [0.4, 0.5) is 5.95 Å². The molecule has 3 aromatic rings. The number of carbonyl (C=O) groups excluding carboxylic acids is 1. The van der Waals surface area contributed by atoms with Crippen molar-refractivity contribution in [3.05, 3.63) is 69.6 Å². The Hall–Kier alpha value is -2.38. The van der Waals surface area contributed by atoms with Crippen molar-refractivity contribution in [1.29, 1.82) is 0 Å². The standard InChI is InChI=1S/C21H20N4OS2/c1-13-10-11-27-19(13)18-17-15(8-5-9-16(17)26)22-20-23-21(24-25(18)20)28-12-14-6-3-2-4-7-14/h2-4,6-8,10-11,17-18H,5,9,12H2,1H3,(H,22,23,24)/t17-,18+/m0/s1. The lowest BCUT2D eigenvalue weighted by atomic mass is 9.82. The van der Waals surface area contributed by atoms with Crippen molar-refractivity contribution in [3.8, 4) is 0 Å². The Bertz CT molecular complexity index is 1050. The largest absolute Gasteiger partial charge is 0.328 e. The van der Waals surface area contributed by atoms with Crippen LogP contribution in [-0.2, 0) is 10.5 Å². The van der Waals surface area contributed by atoms with E-state index >= 15 is 0 Å². The maximum absolute atomic E-state index is 12.8. The summed E-state index contributed by atoms with van der Waals surface area (Å²) >= 11 is 3.31. The van der Waals surface area contributed by atoms with Gasteiger partial charge in [0.2, 0.25) is 11.1 Å². The second-order valence-corrected chi connectivity index (χ2v) is 9.01. The van der Waals surface area contributed by atoms with Crippen molar-refractivity contribution in [3.63, 3.8) is 0 Å². The van der Waals surface area contributed by atoms with Crippen molar-refractivity contribution in [2.45, 2.75) is 36.7 Å². The van der Waals surface area contributed by atoms with E-state index in [0.717, 1.165) is 29.0 Å². The summed E-state index contributed by atoms with van der Waals surface area (Å²) in [5.41, 5.74) is 3.42. The second-order valence-electron chi connectivity index (χ2n) is 7.12. The lowest BCUT2D eigenvalue weighted by molar-refractivity contribution is -0.123. The summed E-state index contributed by atoms with van der Waals surface area (Å²) in [7, 11) is 0. The fourth-order valence-electron chi connectivity index (χ4n) is 3.89. The summed E-state index contributed by atoms with van der Waals surface area (Å²) in [6.07, 6.45) is 3.53. The molecule has 0 amide bonds. The van der Waals surface area contributed by atoms with Gasteiger partial charge in [-0.3, -0.25) is 4.79 Å². The molecule has 2 aliphatic rings. The molecule has 1 aliphatic heterocycles. The van der Waals surface area contributed by atoms with Gasteiger partial charge in [0, 0.05) is 22.7 Å². The van der Waals surface area contributed by atoms with Gasteiger partial charge in [-0.15, -0.1) is 16.4 Å². The number of aromatic nitrogens is 3. The predicted molar refractivity (Wildman–Crippen MR) is 113 cm³/mol. The fourth-order valence-corrected chi connectivity index (χ4v) is 5.72. The first kappa shape index (κ1) is 17.7. The third-order valence-corrected chi connectivity index (χ3v) is 7.26. The molecule has 1 aromatic carbocycles. The number of nitrogens with zero attached hydrogens (tertiary/aromatic N) is 3. The van der Waals surface area contributed by atoms with Gasteiger partial charge in [-0.1, -0.05) is 48.2 Å². The molecule has 142 valence electrons. The van der Waals surface area contributed by atoms with E-state index in [2.05, 4.69) is 41.9 Å². The number of hydrogen-bond donors (Lipinski definition) is 1. The third-order valence-electron chi connectivity index (χ3n) is 5.27. The van der Waals surface area contributed by atoms with Crippen molar-refractivity contribution in [2.75, 3.05) is 5.32 Å². The molecule has 28 heavy (non-hydrogen) atoms. The third kappa shape index (κ3) is 3.08. The molecular weight excluding hydrogens is 388 g/mol. The van der Waals surface area contributed by atoms with Crippen molar-refractivity contribution >= 4 is 34.8 Å². The van der Waals surface area contributed by atoms with Crippen LogP contribution in [0.5, 0.6) is 0 Å². The molecular formula is C21H20N4OS2. The number of fused-ring (bicyclic) bond motifs is 2. The van der Waals surface area contributed by atoms with Crippen molar-refractivity contribution in [2.24, 2.45) is 5.92 Å². The van der Waals surface area contributed by atoms with Crippen LogP contribution >= 0.6 is 23.1 Å². The summed E-state index contributed by atoms with van der Waals surface area (Å²) < 4.78 is 1.93. The van der Waals surface area contributed by atoms with Crippen LogP contribution in [0.3, 0.4) is 0 Å².